The molecule has 2 N–H and O–H groups in total. The second-order valence-corrected chi connectivity index (χ2v) is 8.20. The van der Waals surface area contributed by atoms with Gasteiger partial charge in [0.15, 0.2) is 0 Å². The molecule has 7 heteroatoms. The Balaban J connectivity index is 1.33. The molecule has 2 aromatic rings. The van der Waals surface area contributed by atoms with E-state index in [1.54, 1.807) is 0 Å². The van der Waals surface area contributed by atoms with Crippen molar-refractivity contribution in [2.75, 3.05) is 39.3 Å². The third-order valence-corrected chi connectivity index (χ3v) is 5.91. The first kappa shape index (κ1) is 20.5. The van der Waals surface area contributed by atoms with Crippen molar-refractivity contribution in [1.29, 1.82) is 0 Å². The van der Waals surface area contributed by atoms with Gasteiger partial charge < -0.3 is 10.6 Å². The summed E-state index contributed by atoms with van der Waals surface area (Å²) in [6.45, 7) is 8.66. The van der Waals surface area contributed by atoms with Gasteiger partial charge in [-0.15, -0.1) is 11.3 Å². The Kier molecular flexibility index (Phi) is 7.59. The number of thiophene rings is 1. The van der Waals surface area contributed by atoms with Gasteiger partial charge in [-0.25, -0.2) is 0 Å². The largest absolute Gasteiger partial charge is 0.351 e. The smallest absolute Gasteiger partial charge is 0.261 e. The molecule has 2 amide bonds. The Morgan fingerprint density at radius 1 is 0.964 bits per heavy atom. The number of hydrogen-bond acceptors (Lipinski definition) is 5. The topological polar surface area (TPSA) is 64.7 Å². The van der Waals surface area contributed by atoms with Gasteiger partial charge in [0.1, 0.15) is 0 Å². The Bertz CT molecular complexity index is 770. The fourth-order valence-corrected chi connectivity index (χ4v) is 4.10. The first-order chi connectivity index (χ1) is 13.6. The molecule has 1 aliphatic rings. The van der Waals surface area contributed by atoms with Crippen LogP contribution in [-0.4, -0.2) is 60.9 Å². The zero-order valence-electron chi connectivity index (χ0n) is 16.3. The van der Waals surface area contributed by atoms with Gasteiger partial charge in [-0.1, -0.05) is 30.3 Å². The minimum absolute atomic E-state index is 0.0400. The van der Waals surface area contributed by atoms with E-state index in [4.69, 9.17) is 0 Å². The molecule has 1 aromatic heterocycles. The van der Waals surface area contributed by atoms with E-state index in [1.807, 2.05) is 12.1 Å². The summed E-state index contributed by atoms with van der Waals surface area (Å²) in [4.78, 5) is 29.8. The summed E-state index contributed by atoms with van der Waals surface area (Å²) >= 11 is 1.42. The van der Waals surface area contributed by atoms with Crippen LogP contribution < -0.4 is 10.6 Å². The Morgan fingerprint density at radius 2 is 1.68 bits per heavy atom. The highest BCUT2D eigenvalue weighted by molar-refractivity contribution is 7.14. The second kappa shape index (κ2) is 10.4. The number of hydrogen-bond donors (Lipinski definition) is 2. The Hall–Kier alpha value is -2.22. The van der Waals surface area contributed by atoms with Crippen LogP contribution >= 0.6 is 11.3 Å². The van der Waals surface area contributed by atoms with Crippen LogP contribution in [0.25, 0.3) is 0 Å². The van der Waals surface area contributed by atoms with Crippen LogP contribution in [0.15, 0.2) is 42.5 Å². The lowest BCUT2D eigenvalue weighted by molar-refractivity contribution is -0.119. The maximum atomic E-state index is 12.3. The van der Waals surface area contributed by atoms with Gasteiger partial charge in [0.05, 0.1) is 11.4 Å². The van der Waals surface area contributed by atoms with E-state index >= 15 is 0 Å². The lowest BCUT2D eigenvalue weighted by Crippen LogP contribution is -2.48. The number of nitrogens with one attached hydrogen (secondary N) is 2. The van der Waals surface area contributed by atoms with Crippen LogP contribution in [0.1, 0.15) is 27.0 Å². The predicted molar refractivity (Wildman–Crippen MR) is 112 cm³/mol. The predicted octanol–water partition coefficient (Wildman–Crippen LogP) is 1.93. The van der Waals surface area contributed by atoms with Crippen molar-refractivity contribution in [3.63, 3.8) is 0 Å². The van der Waals surface area contributed by atoms with Crippen LogP contribution in [0.3, 0.4) is 0 Å². The number of piperazine rings is 1. The average Bonchev–Trinajstić information content (AvgIpc) is 3.18. The number of carbonyl (C=O) groups excluding carboxylic acids is 2. The molecule has 6 nitrogen and oxygen atoms in total. The summed E-state index contributed by atoms with van der Waals surface area (Å²) in [5.41, 5.74) is 1.36. The molecule has 150 valence electrons. The fourth-order valence-electron chi connectivity index (χ4n) is 3.23. The van der Waals surface area contributed by atoms with E-state index in [-0.39, 0.29) is 11.8 Å². The van der Waals surface area contributed by atoms with Crippen LogP contribution in [0, 0.1) is 0 Å². The van der Waals surface area contributed by atoms with E-state index in [9.17, 15) is 9.59 Å². The van der Waals surface area contributed by atoms with Gasteiger partial charge in [0.2, 0.25) is 5.91 Å². The Morgan fingerprint density at radius 3 is 2.39 bits per heavy atom. The molecular formula is C21H28N4O2S. The van der Waals surface area contributed by atoms with Crippen molar-refractivity contribution in [2.45, 2.75) is 20.0 Å². The van der Waals surface area contributed by atoms with Crippen molar-refractivity contribution >= 4 is 23.2 Å². The minimum atomic E-state index is -0.0664. The lowest BCUT2D eigenvalue weighted by atomic mass is 10.2. The lowest BCUT2D eigenvalue weighted by Gasteiger charge is -2.34. The third kappa shape index (κ3) is 6.44. The average molecular weight is 401 g/mol. The van der Waals surface area contributed by atoms with Gasteiger partial charge in [-0.2, -0.15) is 0 Å². The zero-order chi connectivity index (χ0) is 19.8. The molecule has 0 bridgehead atoms. The number of rotatable bonds is 8. The number of benzene rings is 1. The molecule has 3 rings (SSSR count). The van der Waals surface area contributed by atoms with Gasteiger partial charge in [-0.3, -0.25) is 19.4 Å². The number of nitrogens with zero attached hydrogens (tertiary/aromatic N) is 2. The zero-order valence-corrected chi connectivity index (χ0v) is 17.1. The summed E-state index contributed by atoms with van der Waals surface area (Å²) in [5, 5.41) is 5.75. The summed E-state index contributed by atoms with van der Waals surface area (Å²) in [7, 11) is 0. The molecule has 1 aromatic carbocycles. The highest BCUT2D eigenvalue weighted by Gasteiger charge is 2.17. The van der Waals surface area contributed by atoms with Crippen molar-refractivity contribution in [3.8, 4) is 0 Å². The summed E-state index contributed by atoms with van der Waals surface area (Å²) < 4.78 is 0. The number of carbonyl (C=O) groups is 2. The molecule has 2 heterocycles. The second-order valence-electron chi connectivity index (χ2n) is 7.03. The van der Waals surface area contributed by atoms with Crippen molar-refractivity contribution < 1.29 is 9.59 Å². The molecule has 0 atom stereocenters. The summed E-state index contributed by atoms with van der Waals surface area (Å²) in [5.74, 6) is -0.106. The maximum absolute atomic E-state index is 12.3. The van der Waals surface area contributed by atoms with Crippen LogP contribution in [0.2, 0.25) is 0 Å². The van der Waals surface area contributed by atoms with Crippen molar-refractivity contribution in [1.82, 2.24) is 20.4 Å². The van der Waals surface area contributed by atoms with Gasteiger partial charge in [0, 0.05) is 57.6 Å². The quantitative estimate of drug-likeness (QED) is 0.711. The molecule has 1 saturated heterocycles. The first-order valence-electron chi connectivity index (χ1n) is 9.70. The van der Waals surface area contributed by atoms with E-state index in [0.717, 1.165) is 44.1 Å². The summed E-state index contributed by atoms with van der Waals surface area (Å²) in [6, 6.07) is 14.3. The molecule has 0 aliphatic carbocycles. The molecule has 28 heavy (non-hydrogen) atoms. The standard InChI is InChI=1S/C21H28N4O2S/c1-17(26)23-15-19-7-8-20(28-19)21(27)22-9-10-24-11-13-25(14-12-24)16-18-5-3-2-4-6-18/h2-8H,9-16H2,1H3,(H,22,27)(H,23,26). The van der Waals surface area contributed by atoms with Crippen molar-refractivity contribution in [2.24, 2.45) is 0 Å². The molecular weight excluding hydrogens is 372 g/mol. The number of amides is 2. The van der Waals surface area contributed by atoms with Crippen LogP contribution in [0.5, 0.6) is 0 Å². The monoisotopic (exact) mass is 400 g/mol. The molecule has 1 fully saturated rings. The maximum Gasteiger partial charge on any atom is 0.261 e. The highest BCUT2D eigenvalue weighted by atomic mass is 32.1. The van der Waals surface area contributed by atoms with Gasteiger partial charge >= 0.3 is 0 Å². The molecule has 0 unspecified atom stereocenters. The first-order valence-corrected chi connectivity index (χ1v) is 10.5. The van der Waals surface area contributed by atoms with Crippen LogP contribution in [-0.2, 0) is 17.9 Å². The highest BCUT2D eigenvalue weighted by Crippen LogP contribution is 2.16. The summed E-state index contributed by atoms with van der Waals surface area (Å²) in [6.07, 6.45) is 0. The van der Waals surface area contributed by atoms with Crippen molar-refractivity contribution in [3.05, 3.63) is 57.8 Å². The Labute approximate surface area is 170 Å². The fraction of sp³-hybridized carbons (Fsp3) is 0.429. The molecule has 0 spiro atoms. The SMILES string of the molecule is CC(=O)NCc1ccc(C(=O)NCCN2CCN(Cc3ccccc3)CC2)s1. The normalized spacial score (nSPS) is 15.3. The van der Waals surface area contributed by atoms with E-state index < -0.39 is 0 Å². The molecule has 0 radical (unpaired) electrons. The molecule has 1 aliphatic heterocycles. The van der Waals surface area contributed by atoms with Gasteiger partial charge in [-0.05, 0) is 17.7 Å². The minimum Gasteiger partial charge on any atom is -0.351 e. The van der Waals surface area contributed by atoms with E-state index in [1.165, 1.54) is 23.8 Å². The molecule has 0 saturated carbocycles. The van der Waals surface area contributed by atoms with Crippen LogP contribution in [0.4, 0.5) is 0 Å². The van der Waals surface area contributed by atoms with E-state index in [0.29, 0.717) is 18.0 Å². The van der Waals surface area contributed by atoms with E-state index in [2.05, 4.69) is 50.8 Å². The third-order valence-electron chi connectivity index (χ3n) is 4.82. The van der Waals surface area contributed by atoms with Gasteiger partial charge in [0.25, 0.3) is 5.91 Å².